The van der Waals surface area contributed by atoms with Crippen molar-refractivity contribution >= 4 is 35.0 Å². The van der Waals surface area contributed by atoms with Crippen LogP contribution < -0.4 is 30.8 Å². The number of nitrogen functional groups attached to an aromatic ring is 1. The molecule has 33 heavy (non-hydrogen) atoms. The smallest absolute Gasteiger partial charge is 0.264 e. The Morgan fingerprint density at radius 1 is 1.21 bits per heavy atom. The number of carbonyl (C=O) groups is 1. The van der Waals surface area contributed by atoms with Gasteiger partial charge in [0, 0.05) is 17.3 Å². The number of anilines is 2. The molecule has 11 nitrogen and oxygen atoms in total. The van der Waals surface area contributed by atoms with Crippen molar-refractivity contribution in [2.45, 2.75) is 12.1 Å². The number of nitrogens with two attached hydrogens (primary N) is 1. The van der Waals surface area contributed by atoms with Gasteiger partial charge in [0.25, 0.3) is 5.95 Å². The molecule has 0 saturated heterocycles. The van der Waals surface area contributed by atoms with Crippen LogP contribution in [0.5, 0.6) is 17.2 Å². The van der Waals surface area contributed by atoms with Crippen molar-refractivity contribution in [2.75, 3.05) is 42.7 Å². The summed E-state index contributed by atoms with van der Waals surface area (Å²) in [6.45, 7) is 2.83. The Bertz CT molecular complexity index is 1180. The maximum atomic E-state index is 12.3. The summed E-state index contributed by atoms with van der Waals surface area (Å²) in [5, 5.41) is 15.5. The molecule has 0 unspecified atom stereocenters. The molecule has 1 aliphatic heterocycles. The van der Waals surface area contributed by atoms with Gasteiger partial charge in [-0.3, -0.25) is 4.79 Å². The zero-order valence-electron chi connectivity index (χ0n) is 18.1. The van der Waals surface area contributed by atoms with E-state index in [1.807, 2.05) is 31.2 Å². The van der Waals surface area contributed by atoms with E-state index in [9.17, 15) is 4.79 Å². The lowest BCUT2D eigenvalue weighted by Gasteiger charge is -2.18. The quantitative estimate of drug-likeness (QED) is 0.196. The van der Waals surface area contributed by atoms with Gasteiger partial charge in [-0.15, -0.1) is 10.2 Å². The molecule has 3 aromatic rings. The van der Waals surface area contributed by atoms with Crippen molar-refractivity contribution in [2.24, 2.45) is 5.10 Å². The highest BCUT2D eigenvalue weighted by atomic mass is 32.2. The van der Waals surface area contributed by atoms with E-state index in [1.165, 1.54) is 4.68 Å². The second-order valence-corrected chi connectivity index (χ2v) is 7.85. The molecule has 0 fully saturated rings. The van der Waals surface area contributed by atoms with Gasteiger partial charge in [-0.2, -0.15) is 5.10 Å². The molecule has 0 radical (unpaired) electrons. The number of nitrogens with zero attached hydrogens (tertiary/aromatic N) is 4. The van der Waals surface area contributed by atoms with Gasteiger partial charge in [-0.25, -0.2) is 10.1 Å². The SMILES string of the molecule is COc1cccc(/C(C)=N/Nc2nnc(SCC(=O)Nc3ccc4c(c3)OCCO4)n2N)c1. The zero-order valence-corrected chi connectivity index (χ0v) is 18.9. The summed E-state index contributed by atoms with van der Waals surface area (Å²) in [5.74, 6) is 8.16. The van der Waals surface area contributed by atoms with E-state index in [2.05, 4.69) is 26.0 Å². The second kappa shape index (κ2) is 10.1. The highest BCUT2D eigenvalue weighted by Gasteiger charge is 2.15. The minimum Gasteiger partial charge on any atom is -0.497 e. The Morgan fingerprint density at radius 3 is 2.85 bits per heavy atom. The normalized spacial score (nSPS) is 12.8. The first-order valence-electron chi connectivity index (χ1n) is 10.0. The maximum absolute atomic E-state index is 12.3. The van der Waals surface area contributed by atoms with Crippen LogP contribution in [-0.4, -0.2) is 52.6 Å². The molecule has 12 heteroatoms. The van der Waals surface area contributed by atoms with Crippen LogP contribution in [0.2, 0.25) is 0 Å². The number of carbonyl (C=O) groups excluding carboxylic acids is 1. The van der Waals surface area contributed by atoms with Crippen molar-refractivity contribution in [3.63, 3.8) is 0 Å². The summed E-state index contributed by atoms with van der Waals surface area (Å²) in [4.78, 5) is 12.3. The number of nitrogens with one attached hydrogen (secondary N) is 2. The molecule has 2 aromatic carbocycles. The van der Waals surface area contributed by atoms with Crippen molar-refractivity contribution in [3.8, 4) is 17.2 Å². The Kier molecular flexibility index (Phi) is 6.83. The van der Waals surface area contributed by atoms with Crippen LogP contribution in [-0.2, 0) is 4.79 Å². The van der Waals surface area contributed by atoms with Crippen LogP contribution in [0.3, 0.4) is 0 Å². The molecular weight excluding hydrogens is 446 g/mol. The average Bonchev–Trinajstić information content (AvgIpc) is 3.20. The highest BCUT2D eigenvalue weighted by molar-refractivity contribution is 7.99. The number of hydrazone groups is 1. The van der Waals surface area contributed by atoms with Gasteiger partial charge in [0.15, 0.2) is 11.5 Å². The van der Waals surface area contributed by atoms with Crippen molar-refractivity contribution < 1.29 is 19.0 Å². The molecule has 0 aliphatic carbocycles. The molecule has 0 spiro atoms. The van der Waals surface area contributed by atoms with Gasteiger partial charge in [-0.1, -0.05) is 23.9 Å². The summed E-state index contributed by atoms with van der Waals surface area (Å²) in [6, 6.07) is 12.8. The Morgan fingerprint density at radius 2 is 2.03 bits per heavy atom. The molecule has 1 amide bonds. The van der Waals surface area contributed by atoms with Gasteiger partial charge < -0.3 is 25.4 Å². The first-order chi connectivity index (χ1) is 16.0. The van der Waals surface area contributed by atoms with Crippen LogP contribution >= 0.6 is 11.8 Å². The lowest BCUT2D eigenvalue weighted by atomic mass is 10.1. The second-order valence-electron chi connectivity index (χ2n) is 6.91. The Hall–Kier alpha value is -3.93. The fourth-order valence-corrected chi connectivity index (χ4v) is 3.60. The fourth-order valence-electron chi connectivity index (χ4n) is 2.95. The molecule has 172 valence electrons. The van der Waals surface area contributed by atoms with E-state index < -0.39 is 0 Å². The van der Waals surface area contributed by atoms with Crippen LogP contribution in [0.25, 0.3) is 0 Å². The molecule has 1 aliphatic rings. The molecule has 1 aromatic heterocycles. The number of fused-ring (bicyclic) bond motifs is 1. The first-order valence-corrected chi connectivity index (χ1v) is 11.0. The van der Waals surface area contributed by atoms with Crippen molar-refractivity contribution in [1.29, 1.82) is 0 Å². The topological polar surface area (TPSA) is 138 Å². The minimum atomic E-state index is -0.221. The van der Waals surface area contributed by atoms with E-state index in [4.69, 9.17) is 20.1 Å². The van der Waals surface area contributed by atoms with E-state index in [1.54, 1.807) is 25.3 Å². The number of hydrogen-bond acceptors (Lipinski definition) is 10. The van der Waals surface area contributed by atoms with Crippen LogP contribution in [0, 0.1) is 0 Å². The Labute approximate surface area is 194 Å². The third-order valence-corrected chi connectivity index (χ3v) is 5.58. The number of benzene rings is 2. The molecule has 0 bridgehead atoms. The number of methoxy groups -OCH3 is 1. The van der Waals surface area contributed by atoms with Gasteiger partial charge in [0.1, 0.15) is 19.0 Å². The monoisotopic (exact) mass is 469 g/mol. The summed E-state index contributed by atoms with van der Waals surface area (Å²) in [5.41, 5.74) is 5.01. The molecule has 4 N–H and O–H groups in total. The first kappa shape index (κ1) is 22.3. The minimum absolute atomic E-state index is 0.0931. The molecule has 0 atom stereocenters. The van der Waals surface area contributed by atoms with Crippen LogP contribution in [0.1, 0.15) is 12.5 Å². The largest absolute Gasteiger partial charge is 0.497 e. The van der Waals surface area contributed by atoms with Gasteiger partial charge >= 0.3 is 0 Å². The molecule has 0 saturated carbocycles. The lowest BCUT2D eigenvalue weighted by Crippen LogP contribution is -2.18. The predicted molar refractivity (Wildman–Crippen MR) is 126 cm³/mol. The van der Waals surface area contributed by atoms with Gasteiger partial charge in [0.2, 0.25) is 11.1 Å². The van der Waals surface area contributed by atoms with E-state index in [0.29, 0.717) is 41.3 Å². The maximum Gasteiger partial charge on any atom is 0.264 e. The summed E-state index contributed by atoms with van der Waals surface area (Å²) in [7, 11) is 1.61. The number of aromatic nitrogens is 3. The summed E-state index contributed by atoms with van der Waals surface area (Å²) in [6.07, 6.45) is 0. The van der Waals surface area contributed by atoms with Crippen molar-refractivity contribution in [3.05, 3.63) is 48.0 Å². The number of hydrogen-bond donors (Lipinski definition) is 3. The highest BCUT2D eigenvalue weighted by Crippen LogP contribution is 2.32. The van der Waals surface area contributed by atoms with E-state index >= 15 is 0 Å². The van der Waals surface area contributed by atoms with Crippen molar-refractivity contribution in [1.82, 2.24) is 14.9 Å². The molecule has 2 heterocycles. The molecular formula is C21H23N7O4S. The van der Waals surface area contributed by atoms with Gasteiger partial charge in [0.05, 0.1) is 18.6 Å². The zero-order chi connectivity index (χ0) is 23.2. The average molecular weight is 470 g/mol. The number of thioether (sulfide) groups is 1. The Balaban J connectivity index is 1.32. The summed E-state index contributed by atoms with van der Waals surface area (Å²) < 4.78 is 17.5. The van der Waals surface area contributed by atoms with E-state index in [0.717, 1.165) is 23.1 Å². The third-order valence-electron chi connectivity index (χ3n) is 4.63. The van der Waals surface area contributed by atoms with Crippen LogP contribution in [0.4, 0.5) is 11.6 Å². The van der Waals surface area contributed by atoms with E-state index in [-0.39, 0.29) is 17.6 Å². The fraction of sp³-hybridized carbons (Fsp3) is 0.238. The molecule has 4 rings (SSSR count). The van der Waals surface area contributed by atoms with Gasteiger partial charge in [-0.05, 0) is 31.2 Å². The number of rotatable bonds is 8. The number of amides is 1. The third kappa shape index (κ3) is 5.47. The van der Waals surface area contributed by atoms with Crippen LogP contribution in [0.15, 0.2) is 52.7 Å². The summed E-state index contributed by atoms with van der Waals surface area (Å²) >= 11 is 1.15. The lowest BCUT2D eigenvalue weighted by molar-refractivity contribution is -0.113. The number of ether oxygens (including phenoxy) is 3. The standard InChI is InChI=1S/C21H23N7O4S/c1-13(14-4-3-5-16(10-14)30-2)24-25-20-26-27-21(28(20)22)33-12-19(29)23-15-6-7-17-18(11-15)32-9-8-31-17/h3-7,10-11H,8-9,12,22H2,1-2H3,(H,23,29)(H,25,26)/b24-13+. The predicted octanol–water partition coefficient (Wildman–Crippen LogP) is 2.34.